The molecule has 0 saturated heterocycles. The minimum absolute atomic E-state index is 0.290. The van der Waals surface area contributed by atoms with Crippen molar-refractivity contribution >= 4 is 0 Å². The lowest BCUT2D eigenvalue weighted by molar-refractivity contribution is -0.0567. The number of ether oxygens (including phenoxy) is 3. The summed E-state index contributed by atoms with van der Waals surface area (Å²) in [4.78, 5) is 2.23. The van der Waals surface area contributed by atoms with Crippen LogP contribution in [-0.4, -0.2) is 58.3 Å². The van der Waals surface area contributed by atoms with Crippen molar-refractivity contribution in [2.45, 2.75) is 59.3 Å². The molecular formula is C28H39N3O4. The predicted octanol–water partition coefficient (Wildman–Crippen LogP) is 5.37. The van der Waals surface area contributed by atoms with E-state index in [1.165, 1.54) is 0 Å². The molecule has 0 saturated carbocycles. The molecule has 7 heteroatoms. The first-order valence-electron chi connectivity index (χ1n) is 12.2. The second-order valence-corrected chi connectivity index (χ2v) is 9.71. The van der Waals surface area contributed by atoms with Crippen molar-refractivity contribution in [2.75, 3.05) is 26.8 Å². The molecule has 0 unspecified atom stereocenters. The molecular weight excluding hydrogens is 442 g/mol. The minimum Gasteiger partial charge on any atom is -0.497 e. The Morgan fingerprint density at radius 1 is 1.06 bits per heavy atom. The van der Waals surface area contributed by atoms with Crippen LogP contribution in [0.1, 0.15) is 45.4 Å². The molecule has 0 radical (unpaired) electrons. The smallest absolute Gasteiger partial charge is 0.227 e. The highest BCUT2D eigenvalue weighted by Gasteiger charge is 2.23. The van der Waals surface area contributed by atoms with Gasteiger partial charge >= 0.3 is 0 Å². The molecule has 3 aromatic rings. The minimum atomic E-state index is -0.590. The van der Waals surface area contributed by atoms with Crippen LogP contribution >= 0.6 is 0 Å². The molecule has 3 rings (SSSR count). The highest BCUT2D eigenvalue weighted by molar-refractivity contribution is 5.44. The zero-order valence-corrected chi connectivity index (χ0v) is 21.8. The first-order valence-corrected chi connectivity index (χ1v) is 12.2. The zero-order chi connectivity index (χ0) is 25.4. The normalized spacial score (nSPS) is 12.7. The van der Waals surface area contributed by atoms with Crippen LogP contribution in [0.5, 0.6) is 17.4 Å². The third kappa shape index (κ3) is 7.82. The average Bonchev–Trinajstić information content (AvgIpc) is 3.13. The van der Waals surface area contributed by atoms with Gasteiger partial charge in [-0.2, -0.15) is 5.10 Å². The molecule has 0 spiro atoms. The average molecular weight is 482 g/mol. The molecule has 0 amide bonds. The number of hydrogen-bond donors (Lipinski definition) is 1. The van der Waals surface area contributed by atoms with Crippen molar-refractivity contribution < 1.29 is 19.3 Å². The summed E-state index contributed by atoms with van der Waals surface area (Å²) in [7, 11) is 1.64. The Balaban J connectivity index is 1.92. The number of hydrogen-bond acceptors (Lipinski definition) is 6. The lowest BCUT2D eigenvalue weighted by Gasteiger charge is -2.27. The lowest BCUT2D eigenvalue weighted by atomic mass is 10.2. The Morgan fingerprint density at radius 3 is 2.43 bits per heavy atom. The Kier molecular flexibility index (Phi) is 9.32. The topological polar surface area (TPSA) is 69.0 Å². The summed E-state index contributed by atoms with van der Waals surface area (Å²) in [6.07, 6.45) is 0.373. The van der Waals surface area contributed by atoms with Crippen LogP contribution in [0.2, 0.25) is 0 Å². The van der Waals surface area contributed by atoms with Gasteiger partial charge in [-0.1, -0.05) is 31.2 Å². The Bertz CT molecular complexity index is 1060. The lowest BCUT2D eigenvalue weighted by Crippen LogP contribution is -2.37. The third-order valence-electron chi connectivity index (χ3n) is 5.49. The predicted molar refractivity (Wildman–Crippen MR) is 139 cm³/mol. The van der Waals surface area contributed by atoms with Crippen LogP contribution in [0.4, 0.5) is 0 Å². The van der Waals surface area contributed by atoms with E-state index in [2.05, 4.69) is 11.8 Å². The molecule has 0 aliphatic rings. The van der Waals surface area contributed by atoms with Crippen LogP contribution in [-0.2, 0) is 11.3 Å². The maximum absolute atomic E-state index is 10.7. The quantitative estimate of drug-likeness (QED) is 0.375. The van der Waals surface area contributed by atoms with E-state index in [1.54, 1.807) is 7.11 Å². The number of aliphatic hydroxyl groups excluding tert-OH is 1. The largest absolute Gasteiger partial charge is 0.497 e. The number of aromatic nitrogens is 2. The van der Waals surface area contributed by atoms with E-state index in [4.69, 9.17) is 19.3 Å². The molecule has 1 heterocycles. The van der Waals surface area contributed by atoms with Gasteiger partial charge in [0.1, 0.15) is 11.5 Å². The van der Waals surface area contributed by atoms with Crippen LogP contribution in [0, 0.1) is 6.92 Å². The van der Waals surface area contributed by atoms with E-state index in [0.717, 1.165) is 35.7 Å². The molecule has 1 atom stereocenters. The van der Waals surface area contributed by atoms with Gasteiger partial charge in [-0.05, 0) is 64.9 Å². The van der Waals surface area contributed by atoms with Crippen LogP contribution in [0.3, 0.4) is 0 Å². The number of nitrogens with zero attached hydrogens (tertiary/aromatic N) is 3. The maximum atomic E-state index is 10.7. The molecule has 0 aliphatic heterocycles. The Labute approximate surface area is 209 Å². The fourth-order valence-corrected chi connectivity index (χ4v) is 3.82. The molecule has 190 valence electrons. The van der Waals surface area contributed by atoms with Crippen molar-refractivity contribution in [3.05, 3.63) is 65.9 Å². The van der Waals surface area contributed by atoms with Gasteiger partial charge in [0.15, 0.2) is 0 Å². The number of methoxy groups -OCH3 is 1. The summed E-state index contributed by atoms with van der Waals surface area (Å²) in [5.41, 5.74) is 2.49. The fraction of sp³-hybridized carbons (Fsp3) is 0.464. The molecule has 7 nitrogen and oxygen atoms in total. The highest BCUT2D eigenvalue weighted by atomic mass is 16.5. The van der Waals surface area contributed by atoms with E-state index in [-0.39, 0.29) is 5.60 Å². The summed E-state index contributed by atoms with van der Waals surface area (Å²) in [5.74, 6) is 2.05. The van der Waals surface area contributed by atoms with Crippen molar-refractivity contribution in [3.8, 4) is 23.1 Å². The molecule has 1 aromatic heterocycles. The van der Waals surface area contributed by atoms with E-state index in [0.29, 0.717) is 31.3 Å². The third-order valence-corrected chi connectivity index (χ3v) is 5.49. The van der Waals surface area contributed by atoms with E-state index < -0.39 is 6.10 Å². The summed E-state index contributed by atoms with van der Waals surface area (Å²) in [6.45, 7) is 12.3. The summed E-state index contributed by atoms with van der Waals surface area (Å²) < 4.78 is 19.5. The first-order chi connectivity index (χ1) is 16.7. The van der Waals surface area contributed by atoms with Crippen molar-refractivity contribution in [1.29, 1.82) is 0 Å². The monoisotopic (exact) mass is 481 g/mol. The molecule has 1 N–H and O–H groups in total. The van der Waals surface area contributed by atoms with Gasteiger partial charge in [-0.3, -0.25) is 4.90 Å². The van der Waals surface area contributed by atoms with E-state index >= 15 is 0 Å². The van der Waals surface area contributed by atoms with Crippen molar-refractivity contribution in [3.63, 3.8) is 0 Å². The Morgan fingerprint density at radius 2 is 1.77 bits per heavy atom. The number of aliphatic hydroxyl groups is 1. The molecule has 0 aliphatic carbocycles. The molecule has 0 bridgehead atoms. The molecule has 2 aromatic carbocycles. The van der Waals surface area contributed by atoms with E-state index in [1.807, 2.05) is 87.0 Å². The van der Waals surface area contributed by atoms with Crippen LogP contribution in [0.25, 0.3) is 5.69 Å². The fourth-order valence-electron chi connectivity index (χ4n) is 3.82. The number of para-hydroxylation sites is 1. The second kappa shape index (κ2) is 12.2. The van der Waals surface area contributed by atoms with Gasteiger partial charge in [0.25, 0.3) is 0 Å². The van der Waals surface area contributed by atoms with Gasteiger partial charge < -0.3 is 19.3 Å². The summed E-state index contributed by atoms with van der Waals surface area (Å²) in [6, 6.07) is 17.5. The highest BCUT2D eigenvalue weighted by Crippen LogP contribution is 2.33. The van der Waals surface area contributed by atoms with Gasteiger partial charge in [-0.25, -0.2) is 4.68 Å². The zero-order valence-electron chi connectivity index (χ0n) is 21.8. The molecule has 0 fully saturated rings. The van der Waals surface area contributed by atoms with Gasteiger partial charge in [0, 0.05) is 19.2 Å². The number of rotatable bonds is 12. The SMILES string of the molecule is CCCN(Cc1c(C)nn(-c2ccccc2)c1Oc1cccc(OC)c1)C[C@@H](O)COC(C)(C)C. The number of aryl methyl sites for hydroxylation is 1. The van der Waals surface area contributed by atoms with Gasteiger partial charge in [0.05, 0.1) is 42.4 Å². The van der Waals surface area contributed by atoms with Crippen LogP contribution < -0.4 is 9.47 Å². The summed E-state index contributed by atoms with van der Waals surface area (Å²) in [5, 5.41) is 15.5. The van der Waals surface area contributed by atoms with Gasteiger partial charge in [0.2, 0.25) is 5.88 Å². The van der Waals surface area contributed by atoms with Crippen LogP contribution in [0.15, 0.2) is 54.6 Å². The van der Waals surface area contributed by atoms with Crippen molar-refractivity contribution in [1.82, 2.24) is 14.7 Å². The standard InChI is InChI=1S/C28H39N3O4/c1-7-16-30(18-23(32)20-34-28(3,4)5)19-26-21(2)29-31(22-12-9-8-10-13-22)27(26)35-25-15-11-14-24(17-25)33-6/h8-15,17,23,32H,7,16,18-20H2,1-6H3/t23-/m1/s1. The van der Waals surface area contributed by atoms with Crippen molar-refractivity contribution in [2.24, 2.45) is 0 Å². The Hall–Kier alpha value is -2.87. The van der Waals surface area contributed by atoms with E-state index in [9.17, 15) is 5.11 Å². The maximum Gasteiger partial charge on any atom is 0.227 e. The molecule has 35 heavy (non-hydrogen) atoms. The number of benzene rings is 2. The first kappa shape index (κ1) is 26.7. The summed E-state index contributed by atoms with van der Waals surface area (Å²) >= 11 is 0. The van der Waals surface area contributed by atoms with Gasteiger partial charge in [-0.15, -0.1) is 0 Å². The second-order valence-electron chi connectivity index (χ2n) is 9.71.